The number of hydrogen-bond donors (Lipinski definition) is 1. The second-order valence-electron chi connectivity index (χ2n) is 10.6. The fourth-order valence-electron chi connectivity index (χ4n) is 6.01. The van der Waals surface area contributed by atoms with Gasteiger partial charge in [-0.3, -0.25) is 0 Å². The summed E-state index contributed by atoms with van der Waals surface area (Å²) in [6.07, 6.45) is 5.45. The highest BCUT2D eigenvalue weighted by atomic mass is 32.1. The summed E-state index contributed by atoms with van der Waals surface area (Å²) in [5.41, 5.74) is 6.94. The zero-order valence-corrected chi connectivity index (χ0v) is 23.7. The largest absolute Gasteiger partial charge is 0.371 e. The van der Waals surface area contributed by atoms with Gasteiger partial charge in [-0.2, -0.15) is 0 Å². The third-order valence-electron chi connectivity index (χ3n) is 8.00. The van der Waals surface area contributed by atoms with Crippen LogP contribution in [0.3, 0.4) is 0 Å². The van der Waals surface area contributed by atoms with Crippen LogP contribution in [0.1, 0.15) is 28.5 Å². The van der Waals surface area contributed by atoms with E-state index in [4.69, 9.17) is 4.98 Å². The second-order valence-corrected chi connectivity index (χ2v) is 12.7. The van der Waals surface area contributed by atoms with Crippen LogP contribution in [0, 0.1) is 0 Å². The maximum atomic E-state index is 5.13. The maximum Gasteiger partial charge on any atom is 0.0880 e. The fourth-order valence-corrected chi connectivity index (χ4v) is 8.51. The molecule has 192 valence electrons. The summed E-state index contributed by atoms with van der Waals surface area (Å²) in [6, 6.07) is 39.0. The molecule has 2 nitrogen and oxygen atoms in total. The van der Waals surface area contributed by atoms with Gasteiger partial charge in [0.2, 0.25) is 0 Å². The number of aromatic nitrogens is 1. The Bertz CT molecular complexity index is 2100. The minimum Gasteiger partial charge on any atom is -0.371 e. The molecule has 0 bridgehead atoms. The first-order valence-electron chi connectivity index (χ1n) is 13.6. The lowest BCUT2D eigenvalue weighted by Crippen LogP contribution is -2.31. The molecule has 4 heteroatoms. The Balaban J connectivity index is 1.33. The number of pyridine rings is 1. The molecule has 7 aromatic rings. The minimum atomic E-state index is -0.305. The Morgan fingerprint density at radius 3 is 2.27 bits per heavy atom. The second kappa shape index (κ2) is 9.16. The number of nitrogens with zero attached hydrogens (tertiary/aromatic N) is 1. The number of hydrogen-bond acceptors (Lipinski definition) is 4. The van der Waals surface area contributed by atoms with Crippen LogP contribution < -0.4 is 5.32 Å². The van der Waals surface area contributed by atoms with Gasteiger partial charge in [-0.1, -0.05) is 91.0 Å². The number of nitrogens with one attached hydrogen (secondary N) is 1. The number of rotatable bonds is 4. The third kappa shape index (κ3) is 3.79. The van der Waals surface area contributed by atoms with Crippen LogP contribution in [-0.2, 0) is 12.0 Å². The molecule has 0 amide bonds. The van der Waals surface area contributed by atoms with Crippen LogP contribution in [0.4, 0.5) is 5.69 Å². The maximum absolute atomic E-state index is 5.13. The minimum absolute atomic E-state index is 0.305. The van der Waals surface area contributed by atoms with E-state index in [0.717, 1.165) is 17.6 Å². The average molecular weight is 551 g/mol. The van der Waals surface area contributed by atoms with Crippen molar-refractivity contribution in [2.45, 2.75) is 18.9 Å². The van der Waals surface area contributed by atoms with E-state index in [1.165, 1.54) is 57.7 Å². The molecule has 1 atom stereocenters. The number of thiophene rings is 2. The van der Waals surface area contributed by atoms with E-state index in [0.29, 0.717) is 0 Å². The Labute approximate surface area is 241 Å². The van der Waals surface area contributed by atoms with Crippen molar-refractivity contribution >= 4 is 65.5 Å². The van der Waals surface area contributed by atoms with Crippen LogP contribution in [0.15, 0.2) is 115 Å². The Kier molecular flexibility index (Phi) is 5.41. The van der Waals surface area contributed by atoms with Crippen LogP contribution in [-0.4, -0.2) is 4.98 Å². The van der Waals surface area contributed by atoms with Crippen molar-refractivity contribution in [3.8, 4) is 10.6 Å². The molecule has 3 aromatic heterocycles. The van der Waals surface area contributed by atoms with E-state index in [-0.39, 0.29) is 5.54 Å². The highest BCUT2D eigenvalue weighted by molar-refractivity contribution is 7.22. The van der Waals surface area contributed by atoms with Gasteiger partial charge in [0, 0.05) is 31.8 Å². The van der Waals surface area contributed by atoms with E-state index >= 15 is 0 Å². The summed E-state index contributed by atoms with van der Waals surface area (Å²) < 4.78 is 2.63. The van der Waals surface area contributed by atoms with Crippen molar-refractivity contribution in [3.63, 3.8) is 0 Å². The van der Waals surface area contributed by atoms with Crippen LogP contribution in [0.5, 0.6) is 0 Å². The Morgan fingerprint density at radius 1 is 0.700 bits per heavy atom. The lowest BCUT2D eigenvalue weighted by molar-refractivity contribution is 0.698. The van der Waals surface area contributed by atoms with Crippen LogP contribution in [0.25, 0.3) is 47.7 Å². The molecule has 8 rings (SSSR count). The van der Waals surface area contributed by atoms with E-state index in [1.807, 2.05) is 22.7 Å². The summed E-state index contributed by atoms with van der Waals surface area (Å²) in [7, 11) is 0. The van der Waals surface area contributed by atoms with Gasteiger partial charge in [-0.25, -0.2) is 4.98 Å². The topological polar surface area (TPSA) is 24.9 Å². The smallest absolute Gasteiger partial charge is 0.0880 e. The molecule has 0 aliphatic carbocycles. The zero-order valence-electron chi connectivity index (χ0n) is 22.0. The summed E-state index contributed by atoms with van der Waals surface area (Å²) in [5.74, 6) is 0. The van der Waals surface area contributed by atoms with E-state index in [1.54, 1.807) is 0 Å². The molecule has 4 aromatic carbocycles. The normalized spacial score (nSPS) is 16.4. The SMILES string of the molecule is CC1(c2sc3ccccc3c2Cc2c(-c3ccc4ccccc4n3)sc3ccccc23)C=Cc2ccccc2N1. The van der Waals surface area contributed by atoms with Gasteiger partial charge in [0.25, 0.3) is 0 Å². The van der Waals surface area contributed by atoms with E-state index < -0.39 is 0 Å². The van der Waals surface area contributed by atoms with Crippen molar-refractivity contribution in [2.75, 3.05) is 5.32 Å². The lowest BCUT2D eigenvalue weighted by atomic mass is 9.88. The van der Waals surface area contributed by atoms with Gasteiger partial charge in [-0.05, 0) is 64.7 Å². The van der Waals surface area contributed by atoms with Gasteiger partial charge in [-0.15, -0.1) is 22.7 Å². The molecule has 1 unspecified atom stereocenters. The number of anilines is 1. The standard InChI is InChI=1S/C36H26N2S2/c1-36(21-20-24-11-3-7-15-30(24)38-36)35-28(26-13-5-9-17-33(26)40-35)22-27-25-12-4-8-16-32(25)39-34(27)31-19-18-23-10-2-6-14-29(23)37-31/h2-21,38H,22H2,1H3. The molecule has 40 heavy (non-hydrogen) atoms. The van der Waals surface area contributed by atoms with Crippen molar-refractivity contribution in [3.05, 3.63) is 137 Å². The molecule has 0 spiro atoms. The van der Waals surface area contributed by atoms with Crippen molar-refractivity contribution < 1.29 is 0 Å². The van der Waals surface area contributed by atoms with Gasteiger partial charge in [0.1, 0.15) is 0 Å². The molecule has 1 aliphatic heterocycles. The van der Waals surface area contributed by atoms with Crippen molar-refractivity contribution in [1.29, 1.82) is 0 Å². The first-order chi connectivity index (χ1) is 19.7. The molecule has 0 saturated heterocycles. The molecular formula is C36H26N2S2. The number of para-hydroxylation sites is 2. The summed E-state index contributed by atoms with van der Waals surface area (Å²) >= 11 is 3.76. The molecular weight excluding hydrogens is 525 g/mol. The molecule has 1 aliphatic rings. The molecule has 0 radical (unpaired) electrons. The first-order valence-corrected chi connectivity index (χ1v) is 15.2. The third-order valence-corrected chi connectivity index (χ3v) is 10.7. The quantitative estimate of drug-likeness (QED) is 0.236. The Hall–Kier alpha value is -4.25. The van der Waals surface area contributed by atoms with E-state index in [9.17, 15) is 0 Å². The summed E-state index contributed by atoms with van der Waals surface area (Å²) in [6.45, 7) is 2.31. The monoisotopic (exact) mass is 550 g/mol. The van der Waals surface area contributed by atoms with Crippen molar-refractivity contribution in [2.24, 2.45) is 0 Å². The van der Waals surface area contributed by atoms with Gasteiger partial charge in [0.15, 0.2) is 0 Å². The van der Waals surface area contributed by atoms with Gasteiger partial charge < -0.3 is 5.32 Å². The highest BCUT2D eigenvalue weighted by Gasteiger charge is 2.33. The van der Waals surface area contributed by atoms with Crippen LogP contribution >= 0.6 is 22.7 Å². The van der Waals surface area contributed by atoms with Crippen molar-refractivity contribution in [1.82, 2.24) is 4.98 Å². The number of benzene rings is 4. The van der Waals surface area contributed by atoms with Gasteiger partial charge in [0.05, 0.1) is 21.6 Å². The molecule has 0 saturated carbocycles. The highest BCUT2D eigenvalue weighted by Crippen LogP contribution is 2.46. The fraction of sp³-hybridized carbons (Fsp3) is 0.0833. The average Bonchev–Trinajstić information content (AvgIpc) is 3.56. The first kappa shape index (κ1) is 23.6. The van der Waals surface area contributed by atoms with E-state index in [2.05, 4.69) is 134 Å². The molecule has 0 fully saturated rings. The van der Waals surface area contributed by atoms with Gasteiger partial charge >= 0.3 is 0 Å². The molecule has 1 N–H and O–H groups in total. The predicted molar refractivity (Wildman–Crippen MR) is 174 cm³/mol. The molecule has 4 heterocycles. The zero-order chi connectivity index (χ0) is 26.7. The summed E-state index contributed by atoms with van der Waals surface area (Å²) in [4.78, 5) is 7.76. The lowest BCUT2D eigenvalue weighted by Gasteiger charge is -2.33. The Morgan fingerprint density at radius 2 is 1.40 bits per heavy atom. The number of fused-ring (bicyclic) bond motifs is 4. The summed E-state index contributed by atoms with van der Waals surface area (Å²) in [5, 5.41) is 7.72. The predicted octanol–water partition coefficient (Wildman–Crippen LogP) is 10.3. The van der Waals surface area contributed by atoms with Crippen LogP contribution in [0.2, 0.25) is 0 Å².